The Kier molecular flexibility index (Phi) is 6.09. The first-order valence-corrected chi connectivity index (χ1v) is 12.5. The predicted octanol–water partition coefficient (Wildman–Crippen LogP) is 4.57. The first-order valence-electron chi connectivity index (χ1n) is 12.1. The Bertz CT molecular complexity index is 1630. The third kappa shape index (κ3) is 4.73. The van der Waals surface area contributed by atoms with Gasteiger partial charge in [-0.1, -0.05) is 36.6 Å². The molecule has 0 radical (unpaired) electrons. The van der Waals surface area contributed by atoms with Crippen molar-refractivity contribution in [3.05, 3.63) is 101 Å². The molecule has 0 amide bonds. The van der Waals surface area contributed by atoms with Crippen LogP contribution in [0.5, 0.6) is 0 Å². The highest BCUT2D eigenvalue weighted by Crippen LogP contribution is 2.39. The second-order valence-electron chi connectivity index (χ2n) is 9.37. The highest BCUT2D eigenvalue weighted by Gasteiger charge is 2.32. The van der Waals surface area contributed by atoms with E-state index in [1.807, 2.05) is 24.4 Å². The van der Waals surface area contributed by atoms with Gasteiger partial charge in [-0.15, -0.1) is 5.10 Å². The van der Waals surface area contributed by atoms with Crippen molar-refractivity contribution in [2.75, 3.05) is 0 Å². The number of hydrogen-bond donors (Lipinski definition) is 1. The van der Waals surface area contributed by atoms with Crippen LogP contribution in [0.3, 0.4) is 0 Å². The van der Waals surface area contributed by atoms with Gasteiger partial charge in [0.05, 0.1) is 17.4 Å². The summed E-state index contributed by atoms with van der Waals surface area (Å²) in [6, 6.07) is 15.5. The highest BCUT2D eigenvalue weighted by atomic mass is 35.5. The van der Waals surface area contributed by atoms with Gasteiger partial charge in [0, 0.05) is 34.0 Å². The summed E-state index contributed by atoms with van der Waals surface area (Å²) in [7, 11) is 0. The highest BCUT2D eigenvalue weighted by molar-refractivity contribution is 6.31. The number of halogens is 1. The maximum Gasteiger partial charge on any atom is 0.335 e. The Hall–Kier alpha value is -4.57. The van der Waals surface area contributed by atoms with Crippen LogP contribution in [0, 0.1) is 11.1 Å². The van der Waals surface area contributed by atoms with E-state index in [9.17, 15) is 15.1 Å². The van der Waals surface area contributed by atoms with Crippen molar-refractivity contribution >= 4 is 17.6 Å². The molecule has 38 heavy (non-hydrogen) atoms. The minimum atomic E-state index is -0.985. The van der Waals surface area contributed by atoms with Gasteiger partial charge in [-0.05, 0) is 64.7 Å². The van der Waals surface area contributed by atoms with Gasteiger partial charge in [0.15, 0.2) is 6.20 Å². The van der Waals surface area contributed by atoms with Gasteiger partial charge >= 0.3 is 5.97 Å². The monoisotopic (exact) mass is 527 g/mol. The molecule has 10 nitrogen and oxygen atoms in total. The lowest BCUT2D eigenvalue weighted by atomic mass is 10.0. The van der Waals surface area contributed by atoms with Crippen molar-refractivity contribution in [3.63, 3.8) is 0 Å². The summed E-state index contributed by atoms with van der Waals surface area (Å²) in [5.74, 6) is -0.455. The van der Waals surface area contributed by atoms with Gasteiger partial charge < -0.3 is 10.3 Å². The standard InChI is InChI=1S/C27H22ClN7O3/c28-22-7-9-24(34-16-29-31-32-34)23(12-22)20-6-8-25(35(38)15-20)26(10-17-4-5-17)33-14-21(13-30-33)18-2-1-3-19(11-18)27(36)37/h1-3,6-9,11-17,26H,4-5,10H2,(H,36,37). The number of hydrogen-bond acceptors (Lipinski definition) is 6. The van der Waals surface area contributed by atoms with Crippen LogP contribution in [0.1, 0.15) is 41.4 Å². The molecule has 1 saturated carbocycles. The maximum atomic E-state index is 13.4. The number of rotatable bonds is 8. The fourth-order valence-electron chi connectivity index (χ4n) is 4.64. The van der Waals surface area contributed by atoms with E-state index in [4.69, 9.17) is 11.6 Å². The second-order valence-corrected chi connectivity index (χ2v) is 9.81. The summed E-state index contributed by atoms with van der Waals surface area (Å²) in [6.07, 6.45) is 9.63. The van der Waals surface area contributed by atoms with Crippen LogP contribution in [0.15, 0.2) is 79.5 Å². The number of carboxylic acids is 1. The van der Waals surface area contributed by atoms with Crippen LogP contribution in [0.4, 0.5) is 0 Å². The van der Waals surface area contributed by atoms with Gasteiger partial charge in [-0.2, -0.15) is 14.5 Å². The van der Waals surface area contributed by atoms with Crippen LogP contribution in [-0.2, 0) is 0 Å². The number of pyridine rings is 1. The van der Waals surface area contributed by atoms with E-state index in [1.165, 1.54) is 17.2 Å². The molecule has 0 spiro atoms. The lowest BCUT2D eigenvalue weighted by Crippen LogP contribution is -2.35. The minimum absolute atomic E-state index is 0.208. The van der Waals surface area contributed by atoms with Gasteiger partial charge in [0.25, 0.3) is 0 Å². The number of aromatic carboxylic acids is 1. The topological polar surface area (TPSA) is 126 Å². The molecular weight excluding hydrogens is 506 g/mol. The lowest BCUT2D eigenvalue weighted by Gasteiger charge is -2.18. The Morgan fingerprint density at radius 2 is 2.00 bits per heavy atom. The summed E-state index contributed by atoms with van der Waals surface area (Å²) in [5.41, 5.74) is 4.41. The van der Waals surface area contributed by atoms with Crippen LogP contribution in [0.2, 0.25) is 5.02 Å². The fraction of sp³-hybridized carbons (Fsp3) is 0.185. The molecule has 0 bridgehead atoms. The number of aromatic nitrogens is 7. The molecular formula is C27H22ClN7O3. The molecule has 0 saturated heterocycles. The fourth-order valence-corrected chi connectivity index (χ4v) is 4.82. The first kappa shape index (κ1) is 23.8. The minimum Gasteiger partial charge on any atom is -0.618 e. The first-order chi connectivity index (χ1) is 18.5. The maximum absolute atomic E-state index is 13.4. The average Bonchev–Trinajstić information content (AvgIpc) is 3.36. The summed E-state index contributed by atoms with van der Waals surface area (Å²) in [4.78, 5) is 11.4. The van der Waals surface area contributed by atoms with E-state index in [0.29, 0.717) is 27.9 Å². The van der Waals surface area contributed by atoms with Crippen molar-refractivity contribution in [1.82, 2.24) is 30.0 Å². The lowest BCUT2D eigenvalue weighted by molar-refractivity contribution is -0.615. The van der Waals surface area contributed by atoms with Crippen molar-refractivity contribution < 1.29 is 14.6 Å². The average molecular weight is 528 g/mol. The zero-order valence-corrected chi connectivity index (χ0v) is 20.8. The van der Waals surface area contributed by atoms with E-state index < -0.39 is 5.97 Å². The summed E-state index contributed by atoms with van der Waals surface area (Å²) < 4.78 is 4.21. The molecule has 2 aromatic carbocycles. The Morgan fingerprint density at radius 1 is 1.13 bits per heavy atom. The van der Waals surface area contributed by atoms with E-state index in [0.717, 1.165) is 40.7 Å². The number of tetrazole rings is 1. The molecule has 11 heteroatoms. The van der Waals surface area contributed by atoms with E-state index in [2.05, 4.69) is 20.6 Å². The predicted molar refractivity (Wildman–Crippen MR) is 139 cm³/mol. The van der Waals surface area contributed by atoms with Crippen LogP contribution in [0.25, 0.3) is 27.9 Å². The molecule has 5 aromatic rings. The smallest absolute Gasteiger partial charge is 0.335 e. The van der Waals surface area contributed by atoms with Crippen molar-refractivity contribution in [1.29, 1.82) is 0 Å². The molecule has 1 fully saturated rings. The normalized spacial score (nSPS) is 13.9. The number of carboxylic acid groups (broad SMARTS) is 1. The molecule has 3 aromatic heterocycles. The van der Waals surface area contributed by atoms with E-state index >= 15 is 0 Å². The van der Waals surface area contributed by atoms with Crippen LogP contribution < -0.4 is 4.73 Å². The molecule has 1 unspecified atom stereocenters. The summed E-state index contributed by atoms with van der Waals surface area (Å²) in [5, 5.41) is 39.3. The molecule has 3 heterocycles. The molecule has 1 aliphatic rings. The second kappa shape index (κ2) is 9.71. The molecule has 1 N–H and O–H groups in total. The van der Waals surface area contributed by atoms with Gasteiger partial charge in [0.2, 0.25) is 5.69 Å². The van der Waals surface area contributed by atoms with Gasteiger partial charge in [-0.25, -0.2) is 4.79 Å². The van der Waals surface area contributed by atoms with Gasteiger partial charge in [-0.3, -0.25) is 4.68 Å². The molecule has 6 rings (SSSR count). The van der Waals surface area contributed by atoms with Gasteiger partial charge in [0.1, 0.15) is 12.4 Å². The third-order valence-corrected chi connectivity index (χ3v) is 7.00. The Labute approximate surface area is 222 Å². The Morgan fingerprint density at radius 3 is 2.74 bits per heavy atom. The zero-order chi connectivity index (χ0) is 26.2. The van der Waals surface area contributed by atoms with Crippen molar-refractivity contribution in [2.24, 2.45) is 5.92 Å². The molecule has 190 valence electrons. The van der Waals surface area contributed by atoms with E-state index in [1.54, 1.807) is 47.3 Å². The number of nitrogens with zero attached hydrogens (tertiary/aromatic N) is 7. The largest absolute Gasteiger partial charge is 0.618 e. The SMILES string of the molecule is O=C(O)c1cccc(-c2cnn(C(CC3CC3)c3ccc(-c4cc(Cl)ccc4-n4cnnn4)c[n+]3[O-])c2)c1. The zero-order valence-electron chi connectivity index (χ0n) is 20.1. The van der Waals surface area contributed by atoms with Crippen molar-refractivity contribution in [2.45, 2.75) is 25.3 Å². The molecule has 1 aliphatic carbocycles. The van der Waals surface area contributed by atoms with E-state index in [-0.39, 0.29) is 11.6 Å². The Balaban J connectivity index is 1.36. The summed E-state index contributed by atoms with van der Waals surface area (Å²) >= 11 is 6.28. The molecule has 0 aliphatic heterocycles. The summed E-state index contributed by atoms with van der Waals surface area (Å²) in [6.45, 7) is 0. The third-order valence-electron chi connectivity index (χ3n) is 6.77. The van der Waals surface area contributed by atoms with Crippen LogP contribution >= 0.6 is 11.6 Å². The quantitative estimate of drug-likeness (QED) is 0.231. The van der Waals surface area contributed by atoms with Crippen LogP contribution in [-0.4, -0.2) is 41.1 Å². The van der Waals surface area contributed by atoms with Crippen molar-refractivity contribution in [3.8, 4) is 27.9 Å². The number of carbonyl (C=O) groups is 1. The number of benzene rings is 2. The molecule has 1 atom stereocenters.